The van der Waals surface area contributed by atoms with Crippen molar-refractivity contribution < 1.29 is 14.3 Å². The molecule has 1 fully saturated rings. The molecule has 0 aliphatic carbocycles. The zero-order chi connectivity index (χ0) is 14.5. The highest BCUT2D eigenvalue weighted by atomic mass is 35.5. The Kier molecular flexibility index (Phi) is 5.23. The summed E-state index contributed by atoms with van der Waals surface area (Å²) in [5.74, 6) is -1.49. The molecule has 1 heterocycles. The number of carbonyl (C=O) groups is 2. The van der Waals surface area contributed by atoms with E-state index in [1.165, 1.54) is 12.1 Å². The van der Waals surface area contributed by atoms with E-state index < -0.39 is 11.8 Å². The van der Waals surface area contributed by atoms with E-state index in [9.17, 15) is 9.59 Å². The lowest BCUT2D eigenvalue weighted by molar-refractivity contribution is -0.136. The van der Waals surface area contributed by atoms with Crippen LogP contribution in [0.5, 0.6) is 0 Å². The van der Waals surface area contributed by atoms with Crippen LogP contribution in [0.4, 0.5) is 5.69 Å². The van der Waals surface area contributed by atoms with Crippen molar-refractivity contribution in [2.75, 3.05) is 18.5 Å². The smallest absolute Gasteiger partial charge is 0.313 e. The quantitative estimate of drug-likeness (QED) is 0.840. The standard InChI is InChI=1S/C13H14Cl2N2O3/c14-8-3-4-11(10(15)6-8)17-13(19)12(18)16-7-9-2-1-5-20-9/h3-4,6,9H,1-2,5,7H2,(H,16,18)(H,17,19)/t9-/m1/s1. The molecule has 2 amide bonds. The van der Waals surface area contributed by atoms with Gasteiger partial charge in [0.15, 0.2) is 0 Å². The van der Waals surface area contributed by atoms with Crippen molar-refractivity contribution in [1.29, 1.82) is 0 Å². The third kappa shape index (κ3) is 4.10. The summed E-state index contributed by atoms with van der Waals surface area (Å²) in [4.78, 5) is 23.3. The summed E-state index contributed by atoms with van der Waals surface area (Å²) in [6.45, 7) is 1.04. The summed E-state index contributed by atoms with van der Waals surface area (Å²) in [6, 6.07) is 4.60. The number of hydrogen-bond acceptors (Lipinski definition) is 3. The van der Waals surface area contributed by atoms with E-state index in [1.807, 2.05) is 0 Å². The Bertz CT molecular complexity index is 516. The summed E-state index contributed by atoms with van der Waals surface area (Å²) in [6.07, 6.45) is 1.86. The van der Waals surface area contributed by atoms with Gasteiger partial charge in [0.2, 0.25) is 0 Å². The van der Waals surface area contributed by atoms with E-state index in [0.29, 0.717) is 23.9 Å². The van der Waals surface area contributed by atoms with Gasteiger partial charge in [-0.1, -0.05) is 23.2 Å². The molecule has 1 aliphatic rings. The first-order valence-corrected chi connectivity index (χ1v) is 6.97. The van der Waals surface area contributed by atoms with Crippen molar-refractivity contribution in [3.05, 3.63) is 28.2 Å². The van der Waals surface area contributed by atoms with Crippen molar-refractivity contribution in [3.8, 4) is 0 Å². The van der Waals surface area contributed by atoms with Gasteiger partial charge in [-0.3, -0.25) is 9.59 Å². The molecule has 1 aliphatic heterocycles. The van der Waals surface area contributed by atoms with Gasteiger partial charge in [-0.15, -0.1) is 0 Å². The van der Waals surface area contributed by atoms with E-state index in [2.05, 4.69) is 10.6 Å². The first-order valence-electron chi connectivity index (χ1n) is 6.22. The molecular formula is C13H14Cl2N2O3. The van der Waals surface area contributed by atoms with Crippen molar-refractivity contribution in [1.82, 2.24) is 5.32 Å². The number of anilines is 1. The van der Waals surface area contributed by atoms with Gasteiger partial charge in [0.05, 0.1) is 16.8 Å². The summed E-state index contributed by atoms with van der Waals surface area (Å²) in [5.41, 5.74) is 0.341. The maximum absolute atomic E-state index is 11.7. The van der Waals surface area contributed by atoms with Gasteiger partial charge in [0.25, 0.3) is 0 Å². The fourth-order valence-corrected chi connectivity index (χ4v) is 2.32. The fourth-order valence-electron chi connectivity index (χ4n) is 1.86. The first kappa shape index (κ1) is 15.1. The summed E-state index contributed by atoms with van der Waals surface area (Å²) < 4.78 is 5.35. The molecule has 1 aromatic rings. The molecular weight excluding hydrogens is 303 g/mol. The average molecular weight is 317 g/mol. The van der Waals surface area contributed by atoms with Gasteiger partial charge >= 0.3 is 11.8 Å². The van der Waals surface area contributed by atoms with E-state index in [0.717, 1.165) is 12.8 Å². The number of amides is 2. The zero-order valence-corrected chi connectivity index (χ0v) is 12.1. The zero-order valence-electron chi connectivity index (χ0n) is 10.6. The van der Waals surface area contributed by atoms with Crippen molar-refractivity contribution in [3.63, 3.8) is 0 Å². The maximum atomic E-state index is 11.7. The highest BCUT2D eigenvalue weighted by Gasteiger charge is 2.19. The summed E-state index contributed by atoms with van der Waals surface area (Å²) in [5, 5.41) is 5.69. The highest BCUT2D eigenvalue weighted by Crippen LogP contribution is 2.25. The molecule has 0 radical (unpaired) electrons. The minimum absolute atomic E-state index is 0.00845. The van der Waals surface area contributed by atoms with Crippen molar-refractivity contribution >= 4 is 40.7 Å². The van der Waals surface area contributed by atoms with Gasteiger partial charge in [0.1, 0.15) is 0 Å². The van der Waals surface area contributed by atoms with Crippen LogP contribution in [0.25, 0.3) is 0 Å². The second-order valence-electron chi connectivity index (χ2n) is 4.42. The Hall–Kier alpha value is -1.30. The lowest BCUT2D eigenvalue weighted by atomic mass is 10.2. The van der Waals surface area contributed by atoms with Crippen molar-refractivity contribution in [2.24, 2.45) is 0 Å². The van der Waals surface area contributed by atoms with Crippen LogP contribution in [0.15, 0.2) is 18.2 Å². The second kappa shape index (κ2) is 6.92. The van der Waals surface area contributed by atoms with Crippen molar-refractivity contribution in [2.45, 2.75) is 18.9 Å². The molecule has 0 unspecified atom stereocenters. The van der Waals surface area contributed by atoms with Crippen LogP contribution in [0.2, 0.25) is 10.0 Å². The predicted molar refractivity (Wildman–Crippen MR) is 77.1 cm³/mol. The van der Waals surface area contributed by atoms with E-state index in [1.54, 1.807) is 6.07 Å². The molecule has 0 spiro atoms. The number of carbonyl (C=O) groups excluding carboxylic acids is 2. The third-order valence-corrected chi connectivity index (χ3v) is 3.45. The van der Waals surface area contributed by atoms with Gasteiger partial charge < -0.3 is 15.4 Å². The molecule has 108 valence electrons. The molecule has 2 N–H and O–H groups in total. The second-order valence-corrected chi connectivity index (χ2v) is 5.27. The summed E-state index contributed by atoms with van der Waals surface area (Å²) in [7, 11) is 0. The molecule has 20 heavy (non-hydrogen) atoms. The number of ether oxygens (including phenoxy) is 1. The van der Waals surface area contributed by atoms with Gasteiger partial charge in [-0.2, -0.15) is 0 Å². The Balaban J connectivity index is 1.85. The number of benzene rings is 1. The fraction of sp³-hybridized carbons (Fsp3) is 0.385. The average Bonchev–Trinajstić information content (AvgIpc) is 2.92. The van der Waals surface area contributed by atoms with Crippen LogP contribution in [-0.2, 0) is 14.3 Å². The number of halogens is 2. The molecule has 5 nitrogen and oxygen atoms in total. The van der Waals surface area contributed by atoms with Gasteiger partial charge in [-0.05, 0) is 31.0 Å². The Labute approximate surface area is 126 Å². The van der Waals surface area contributed by atoms with E-state index in [4.69, 9.17) is 27.9 Å². The number of rotatable bonds is 3. The molecule has 1 aromatic carbocycles. The lowest BCUT2D eigenvalue weighted by Crippen LogP contribution is -2.39. The van der Waals surface area contributed by atoms with E-state index in [-0.39, 0.29) is 11.1 Å². The molecule has 0 saturated carbocycles. The van der Waals surface area contributed by atoms with Crippen LogP contribution in [-0.4, -0.2) is 31.1 Å². The topological polar surface area (TPSA) is 67.4 Å². The first-order chi connectivity index (χ1) is 9.56. The van der Waals surface area contributed by atoms with Crippen LogP contribution >= 0.6 is 23.2 Å². The summed E-state index contributed by atoms with van der Waals surface area (Å²) >= 11 is 11.7. The monoisotopic (exact) mass is 316 g/mol. The third-order valence-electron chi connectivity index (χ3n) is 2.90. The minimum Gasteiger partial charge on any atom is -0.376 e. The maximum Gasteiger partial charge on any atom is 0.313 e. The molecule has 7 heteroatoms. The number of hydrogen-bond donors (Lipinski definition) is 2. The predicted octanol–water partition coefficient (Wildman–Crippen LogP) is 2.23. The molecule has 1 atom stereocenters. The van der Waals surface area contributed by atoms with Crippen LogP contribution < -0.4 is 10.6 Å². The largest absolute Gasteiger partial charge is 0.376 e. The Morgan fingerprint density at radius 3 is 2.75 bits per heavy atom. The highest BCUT2D eigenvalue weighted by molar-refractivity contribution is 6.42. The molecule has 0 aromatic heterocycles. The van der Waals surface area contributed by atoms with Gasteiger partial charge in [-0.25, -0.2) is 0 Å². The SMILES string of the molecule is O=C(NC[C@H]1CCCO1)C(=O)Nc1ccc(Cl)cc1Cl. The molecule has 1 saturated heterocycles. The van der Waals surface area contributed by atoms with E-state index >= 15 is 0 Å². The van der Waals surface area contributed by atoms with Crippen LogP contribution in [0.1, 0.15) is 12.8 Å². The lowest BCUT2D eigenvalue weighted by Gasteiger charge is -2.11. The normalized spacial score (nSPS) is 17.8. The molecule has 0 bridgehead atoms. The Morgan fingerprint density at radius 1 is 1.30 bits per heavy atom. The Morgan fingerprint density at radius 2 is 2.10 bits per heavy atom. The minimum atomic E-state index is -0.771. The van der Waals surface area contributed by atoms with Crippen LogP contribution in [0.3, 0.4) is 0 Å². The van der Waals surface area contributed by atoms with Gasteiger partial charge in [0, 0.05) is 18.2 Å². The molecule has 2 rings (SSSR count). The van der Waals surface area contributed by atoms with Crippen LogP contribution in [0, 0.1) is 0 Å². The number of nitrogens with one attached hydrogen (secondary N) is 2.